The molecule has 8 heteroatoms. The van der Waals surface area contributed by atoms with Gasteiger partial charge in [-0.2, -0.15) is 0 Å². The summed E-state index contributed by atoms with van der Waals surface area (Å²) in [6, 6.07) is 8.20. The molecule has 6 nitrogen and oxygen atoms in total. The van der Waals surface area contributed by atoms with E-state index in [0.29, 0.717) is 25.0 Å². The van der Waals surface area contributed by atoms with Crippen LogP contribution in [0.25, 0.3) is 0 Å². The molecule has 1 fully saturated rings. The van der Waals surface area contributed by atoms with E-state index >= 15 is 0 Å². The molecular formula is C18H28ClIN4O2. The fourth-order valence-corrected chi connectivity index (χ4v) is 2.96. The fourth-order valence-electron chi connectivity index (χ4n) is 2.78. The number of guanidine groups is 1. The Balaban J connectivity index is 0.00000338. The molecule has 0 saturated carbocycles. The Kier molecular flexibility index (Phi) is 10.1. The topological polar surface area (TPSA) is 66.0 Å². The molecule has 2 N–H and O–H groups in total. The van der Waals surface area contributed by atoms with Crippen LogP contribution < -0.4 is 15.5 Å². The maximum atomic E-state index is 11.6. The summed E-state index contributed by atoms with van der Waals surface area (Å²) in [7, 11) is 1.73. The molecule has 0 bridgehead atoms. The van der Waals surface area contributed by atoms with E-state index < -0.39 is 0 Å². The van der Waals surface area contributed by atoms with Crippen molar-refractivity contribution in [2.24, 2.45) is 4.99 Å². The van der Waals surface area contributed by atoms with Crippen molar-refractivity contribution < 1.29 is 9.53 Å². The molecule has 26 heavy (non-hydrogen) atoms. The molecule has 2 rings (SSSR count). The van der Waals surface area contributed by atoms with Gasteiger partial charge in [-0.3, -0.25) is 9.79 Å². The van der Waals surface area contributed by atoms with Gasteiger partial charge >= 0.3 is 5.97 Å². The Bertz CT molecular complexity index is 613. The molecule has 1 aromatic carbocycles. The van der Waals surface area contributed by atoms with Gasteiger partial charge in [0.2, 0.25) is 0 Å². The third kappa shape index (κ3) is 7.57. The molecule has 1 aliphatic heterocycles. The monoisotopic (exact) mass is 494 g/mol. The minimum Gasteiger partial charge on any atom is -0.463 e. The van der Waals surface area contributed by atoms with Crippen LogP contribution in [0.1, 0.15) is 26.7 Å². The van der Waals surface area contributed by atoms with Crippen LogP contribution in [0.4, 0.5) is 5.69 Å². The quantitative estimate of drug-likeness (QED) is 0.275. The number of hydrogen-bond donors (Lipinski definition) is 2. The van der Waals surface area contributed by atoms with Crippen LogP contribution in [-0.2, 0) is 9.53 Å². The number of carbonyl (C=O) groups is 1. The summed E-state index contributed by atoms with van der Waals surface area (Å²) < 4.78 is 5.12. The van der Waals surface area contributed by atoms with Crippen molar-refractivity contribution in [3.63, 3.8) is 0 Å². The van der Waals surface area contributed by atoms with Crippen LogP contribution in [-0.4, -0.2) is 50.8 Å². The summed E-state index contributed by atoms with van der Waals surface area (Å²) in [5.41, 5.74) is 1.14. The number of nitrogens with zero attached hydrogens (tertiary/aromatic N) is 2. The molecule has 1 unspecified atom stereocenters. The Morgan fingerprint density at radius 1 is 1.46 bits per heavy atom. The van der Waals surface area contributed by atoms with Crippen molar-refractivity contribution in [2.75, 3.05) is 31.6 Å². The molecule has 0 aromatic heterocycles. The predicted octanol–water partition coefficient (Wildman–Crippen LogP) is 3.04. The lowest BCUT2D eigenvalue weighted by molar-refractivity contribution is -0.147. The summed E-state index contributed by atoms with van der Waals surface area (Å²) >= 11 is 6.07. The van der Waals surface area contributed by atoms with Crippen LogP contribution in [0, 0.1) is 0 Å². The molecule has 0 radical (unpaired) electrons. The van der Waals surface area contributed by atoms with E-state index in [1.807, 2.05) is 32.0 Å². The zero-order chi connectivity index (χ0) is 18.2. The lowest BCUT2D eigenvalue weighted by Crippen LogP contribution is -2.45. The number of anilines is 1. The Labute approximate surface area is 177 Å². The first kappa shape index (κ1) is 22.8. The Morgan fingerprint density at radius 2 is 2.23 bits per heavy atom. The lowest BCUT2D eigenvalue weighted by atomic mass is 10.2. The molecule has 1 saturated heterocycles. The number of esters is 1. The first-order valence-electron chi connectivity index (χ1n) is 8.65. The van der Waals surface area contributed by atoms with Gasteiger partial charge in [-0.25, -0.2) is 0 Å². The number of ether oxygens (including phenoxy) is 1. The zero-order valence-electron chi connectivity index (χ0n) is 15.5. The van der Waals surface area contributed by atoms with Gasteiger partial charge < -0.3 is 20.3 Å². The van der Waals surface area contributed by atoms with E-state index in [4.69, 9.17) is 16.3 Å². The second-order valence-electron chi connectivity index (χ2n) is 6.34. The lowest BCUT2D eigenvalue weighted by Gasteiger charge is -2.20. The number of halogens is 2. The second kappa shape index (κ2) is 11.5. The van der Waals surface area contributed by atoms with Gasteiger partial charge in [0, 0.05) is 43.4 Å². The Hall–Kier alpha value is -1.22. The minimum atomic E-state index is -0.203. The zero-order valence-corrected chi connectivity index (χ0v) is 18.6. The van der Waals surface area contributed by atoms with Gasteiger partial charge in [0.15, 0.2) is 5.96 Å². The van der Waals surface area contributed by atoms with Crippen LogP contribution in [0.3, 0.4) is 0 Å². The van der Waals surface area contributed by atoms with Crippen LogP contribution in [0.5, 0.6) is 0 Å². The standard InChI is InChI=1S/C18H27ClN4O2.HI/c1-13(2)25-17(24)7-9-21-18(20-3)22-15-8-10-23(12-15)16-6-4-5-14(19)11-16;/h4-6,11,13,15H,7-10,12H2,1-3H3,(H2,20,21,22);1H. The molecule has 0 amide bonds. The number of hydrogen-bond acceptors (Lipinski definition) is 4. The smallest absolute Gasteiger partial charge is 0.307 e. The van der Waals surface area contributed by atoms with Gasteiger partial charge in [-0.15, -0.1) is 24.0 Å². The van der Waals surface area contributed by atoms with E-state index in [1.54, 1.807) is 7.05 Å². The molecule has 1 atom stereocenters. The van der Waals surface area contributed by atoms with Crippen LogP contribution in [0.2, 0.25) is 5.02 Å². The first-order chi connectivity index (χ1) is 12.0. The van der Waals surface area contributed by atoms with Crippen LogP contribution >= 0.6 is 35.6 Å². The van der Waals surface area contributed by atoms with Gasteiger partial charge in [0.1, 0.15) is 0 Å². The summed E-state index contributed by atoms with van der Waals surface area (Å²) in [4.78, 5) is 18.1. The molecule has 146 valence electrons. The highest BCUT2D eigenvalue weighted by Crippen LogP contribution is 2.23. The predicted molar refractivity (Wildman–Crippen MR) is 118 cm³/mol. The molecule has 1 aromatic rings. The fraction of sp³-hybridized carbons (Fsp3) is 0.556. The van der Waals surface area contributed by atoms with Gasteiger partial charge in [0.05, 0.1) is 12.5 Å². The third-order valence-electron chi connectivity index (χ3n) is 3.91. The van der Waals surface area contributed by atoms with E-state index in [2.05, 4.69) is 26.6 Å². The average Bonchev–Trinajstić information content (AvgIpc) is 3.02. The highest BCUT2D eigenvalue weighted by atomic mass is 127. The van der Waals surface area contributed by atoms with Crippen molar-refractivity contribution in [2.45, 2.75) is 38.8 Å². The molecule has 1 heterocycles. The van der Waals surface area contributed by atoms with Crippen molar-refractivity contribution in [3.05, 3.63) is 29.3 Å². The third-order valence-corrected chi connectivity index (χ3v) is 4.15. The molecule has 0 aliphatic carbocycles. The maximum Gasteiger partial charge on any atom is 0.307 e. The summed E-state index contributed by atoms with van der Waals surface area (Å²) in [5, 5.41) is 7.32. The van der Waals surface area contributed by atoms with Crippen molar-refractivity contribution in [1.29, 1.82) is 0 Å². The van der Waals surface area contributed by atoms with Crippen molar-refractivity contribution >= 4 is 53.2 Å². The number of benzene rings is 1. The van der Waals surface area contributed by atoms with E-state index in [0.717, 1.165) is 30.2 Å². The number of aliphatic imine (C=N–C) groups is 1. The molecular weight excluding hydrogens is 467 g/mol. The van der Waals surface area contributed by atoms with Gasteiger partial charge in [0.25, 0.3) is 0 Å². The van der Waals surface area contributed by atoms with Crippen molar-refractivity contribution in [1.82, 2.24) is 10.6 Å². The maximum absolute atomic E-state index is 11.6. The number of carbonyl (C=O) groups excluding carboxylic acids is 1. The average molecular weight is 495 g/mol. The highest BCUT2D eigenvalue weighted by molar-refractivity contribution is 14.0. The van der Waals surface area contributed by atoms with Gasteiger partial charge in [-0.05, 0) is 38.5 Å². The normalized spacial score (nSPS) is 17.0. The first-order valence-corrected chi connectivity index (χ1v) is 9.03. The van der Waals surface area contributed by atoms with E-state index in [9.17, 15) is 4.79 Å². The Morgan fingerprint density at radius 3 is 2.88 bits per heavy atom. The molecule has 1 aliphatic rings. The summed E-state index contributed by atoms with van der Waals surface area (Å²) in [6.45, 7) is 6.04. The van der Waals surface area contributed by atoms with E-state index in [-0.39, 0.29) is 36.0 Å². The number of rotatable bonds is 6. The minimum absolute atomic E-state index is 0. The van der Waals surface area contributed by atoms with Crippen LogP contribution in [0.15, 0.2) is 29.3 Å². The summed E-state index contributed by atoms with van der Waals surface area (Å²) in [5.74, 6) is 0.501. The number of nitrogens with one attached hydrogen (secondary N) is 2. The molecule has 0 spiro atoms. The van der Waals surface area contributed by atoms with E-state index in [1.165, 1.54) is 0 Å². The van der Waals surface area contributed by atoms with Crippen molar-refractivity contribution in [3.8, 4) is 0 Å². The SMILES string of the molecule is CN=C(NCCC(=O)OC(C)C)NC1CCN(c2cccc(Cl)c2)C1.I. The summed E-state index contributed by atoms with van der Waals surface area (Å²) in [6.07, 6.45) is 1.25. The highest BCUT2D eigenvalue weighted by Gasteiger charge is 2.23. The second-order valence-corrected chi connectivity index (χ2v) is 6.78. The largest absolute Gasteiger partial charge is 0.463 e. The van der Waals surface area contributed by atoms with Gasteiger partial charge in [-0.1, -0.05) is 17.7 Å².